The van der Waals surface area contributed by atoms with E-state index in [1.807, 2.05) is 11.9 Å². The van der Waals surface area contributed by atoms with Crippen LogP contribution in [0, 0.1) is 0 Å². The summed E-state index contributed by atoms with van der Waals surface area (Å²) in [7, 11) is 1.85. The van der Waals surface area contributed by atoms with Crippen LogP contribution < -0.4 is 0 Å². The summed E-state index contributed by atoms with van der Waals surface area (Å²) in [5.41, 5.74) is 1.05. The average molecular weight is 197 g/mol. The Bertz CT molecular complexity index is 244. The average Bonchev–Trinajstić information content (AvgIpc) is 2.14. The van der Waals surface area contributed by atoms with Gasteiger partial charge in [-0.1, -0.05) is 13.3 Å². The molecule has 0 N–H and O–H groups in total. The van der Waals surface area contributed by atoms with Crippen molar-refractivity contribution in [3.05, 3.63) is 11.3 Å². The first-order valence-electron chi connectivity index (χ1n) is 4.92. The maximum atomic E-state index is 11.3. The summed E-state index contributed by atoms with van der Waals surface area (Å²) in [6.07, 6.45) is 2.84. The third kappa shape index (κ3) is 3.73. The second kappa shape index (κ2) is 6.35. The van der Waals surface area contributed by atoms with Crippen molar-refractivity contribution < 1.29 is 9.59 Å². The molecule has 0 aliphatic rings. The van der Waals surface area contributed by atoms with Crippen molar-refractivity contribution in [3.8, 4) is 0 Å². The van der Waals surface area contributed by atoms with Crippen LogP contribution in [0.15, 0.2) is 11.3 Å². The van der Waals surface area contributed by atoms with Crippen molar-refractivity contribution in [1.82, 2.24) is 4.90 Å². The molecule has 0 aromatic carbocycles. The lowest BCUT2D eigenvalue weighted by atomic mass is 10.1. The Hall–Kier alpha value is -1.12. The lowest BCUT2D eigenvalue weighted by Crippen LogP contribution is -2.25. The molecular weight excluding hydrogens is 178 g/mol. The number of rotatable bonds is 6. The molecule has 14 heavy (non-hydrogen) atoms. The number of hydrogen-bond donors (Lipinski definition) is 0. The van der Waals surface area contributed by atoms with Crippen LogP contribution in [-0.4, -0.2) is 30.6 Å². The lowest BCUT2D eigenvalue weighted by Gasteiger charge is -2.21. The topological polar surface area (TPSA) is 37.4 Å². The summed E-state index contributed by atoms with van der Waals surface area (Å²) in [4.78, 5) is 23.7. The number of carbonyl (C=O) groups is 2. The first-order chi connectivity index (χ1) is 6.54. The standard InChI is InChI=1S/C11H19NO2/c1-5-6-7-12(4)11(10(3)14)9(2)8-13/h8H,5-7H2,1-4H3/b11-9-. The summed E-state index contributed by atoms with van der Waals surface area (Å²) in [6, 6.07) is 0. The Labute approximate surface area is 85.8 Å². The lowest BCUT2D eigenvalue weighted by molar-refractivity contribution is -0.115. The maximum absolute atomic E-state index is 11.3. The zero-order valence-electron chi connectivity index (χ0n) is 9.46. The Balaban J connectivity index is 4.67. The number of hydrogen-bond acceptors (Lipinski definition) is 3. The van der Waals surface area contributed by atoms with Crippen molar-refractivity contribution in [1.29, 1.82) is 0 Å². The molecule has 0 heterocycles. The van der Waals surface area contributed by atoms with E-state index in [2.05, 4.69) is 6.92 Å². The van der Waals surface area contributed by atoms with Gasteiger partial charge in [0.2, 0.25) is 0 Å². The van der Waals surface area contributed by atoms with E-state index in [4.69, 9.17) is 0 Å². The van der Waals surface area contributed by atoms with Crippen LogP contribution in [0.1, 0.15) is 33.6 Å². The minimum Gasteiger partial charge on any atom is -0.371 e. The van der Waals surface area contributed by atoms with Crippen LogP contribution in [-0.2, 0) is 9.59 Å². The van der Waals surface area contributed by atoms with Gasteiger partial charge >= 0.3 is 0 Å². The summed E-state index contributed by atoms with van der Waals surface area (Å²) >= 11 is 0. The van der Waals surface area contributed by atoms with Gasteiger partial charge in [-0.25, -0.2) is 0 Å². The molecule has 0 aliphatic carbocycles. The van der Waals surface area contributed by atoms with Gasteiger partial charge in [0.25, 0.3) is 0 Å². The summed E-state index contributed by atoms with van der Waals surface area (Å²) in [5, 5.41) is 0. The van der Waals surface area contributed by atoms with Gasteiger partial charge in [0, 0.05) is 26.1 Å². The Kier molecular flexibility index (Phi) is 5.84. The maximum Gasteiger partial charge on any atom is 0.176 e. The van der Waals surface area contributed by atoms with Gasteiger partial charge in [-0.15, -0.1) is 0 Å². The van der Waals surface area contributed by atoms with Crippen molar-refractivity contribution in [2.75, 3.05) is 13.6 Å². The van der Waals surface area contributed by atoms with Crippen LogP contribution in [0.4, 0.5) is 0 Å². The third-order valence-corrected chi connectivity index (χ3v) is 2.11. The predicted octanol–water partition coefficient (Wildman–Crippen LogP) is 1.78. The van der Waals surface area contributed by atoms with Gasteiger partial charge in [-0.2, -0.15) is 0 Å². The highest BCUT2D eigenvalue weighted by molar-refractivity contribution is 5.97. The van der Waals surface area contributed by atoms with Gasteiger partial charge in [0.05, 0.1) is 5.70 Å². The minimum absolute atomic E-state index is 0.0480. The number of aldehydes is 1. The second-order valence-corrected chi connectivity index (χ2v) is 3.48. The zero-order valence-corrected chi connectivity index (χ0v) is 9.46. The van der Waals surface area contributed by atoms with Crippen molar-refractivity contribution >= 4 is 12.1 Å². The molecule has 0 spiro atoms. The summed E-state index contributed by atoms with van der Waals surface area (Å²) in [5.74, 6) is -0.0480. The van der Waals surface area contributed by atoms with Gasteiger partial charge in [-0.05, 0) is 13.3 Å². The number of unbranched alkanes of at least 4 members (excludes halogenated alkanes) is 1. The van der Waals surface area contributed by atoms with Crippen molar-refractivity contribution in [2.24, 2.45) is 0 Å². The fourth-order valence-electron chi connectivity index (χ4n) is 1.41. The number of Topliss-reactive ketones (excluding diaryl/α,β-unsaturated/α-hetero) is 1. The molecule has 3 nitrogen and oxygen atoms in total. The Morgan fingerprint density at radius 1 is 1.36 bits per heavy atom. The van der Waals surface area contributed by atoms with Gasteiger partial charge in [-0.3, -0.25) is 9.59 Å². The summed E-state index contributed by atoms with van der Waals surface area (Å²) < 4.78 is 0. The molecule has 0 fully saturated rings. The van der Waals surface area contributed by atoms with E-state index < -0.39 is 0 Å². The molecule has 3 heteroatoms. The molecule has 0 aromatic rings. The molecule has 80 valence electrons. The molecule has 0 radical (unpaired) electrons. The van der Waals surface area contributed by atoms with E-state index in [9.17, 15) is 9.59 Å². The van der Waals surface area contributed by atoms with Gasteiger partial charge in [0.1, 0.15) is 6.29 Å². The molecule has 0 bridgehead atoms. The van der Waals surface area contributed by atoms with E-state index in [0.717, 1.165) is 25.7 Å². The Morgan fingerprint density at radius 3 is 2.29 bits per heavy atom. The first-order valence-corrected chi connectivity index (χ1v) is 4.92. The molecule has 0 atom stereocenters. The highest BCUT2D eigenvalue weighted by Gasteiger charge is 2.12. The smallest absolute Gasteiger partial charge is 0.176 e. The molecular formula is C11H19NO2. The number of nitrogens with zero attached hydrogens (tertiary/aromatic N) is 1. The number of carbonyl (C=O) groups excluding carboxylic acids is 2. The number of ketones is 1. The van der Waals surface area contributed by atoms with Gasteiger partial charge in [0.15, 0.2) is 5.78 Å². The normalized spacial score (nSPS) is 12.0. The Morgan fingerprint density at radius 2 is 1.93 bits per heavy atom. The van der Waals surface area contributed by atoms with Crippen LogP contribution in [0.2, 0.25) is 0 Å². The summed E-state index contributed by atoms with van der Waals surface area (Å²) in [6.45, 7) is 6.07. The van der Waals surface area contributed by atoms with E-state index >= 15 is 0 Å². The highest BCUT2D eigenvalue weighted by atomic mass is 16.1. The minimum atomic E-state index is -0.0480. The van der Waals surface area contributed by atoms with Crippen LogP contribution in [0.25, 0.3) is 0 Å². The molecule has 0 aliphatic heterocycles. The second-order valence-electron chi connectivity index (χ2n) is 3.48. The van der Waals surface area contributed by atoms with E-state index in [1.165, 1.54) is 6.92 Å². The molecule has 0 unspecified atom stereocenters. The highest BCUT2D eigenvalue weighted by Crippen LogP contribution is 2.09. The van der Waals surface area contributed by atoms with E-state index in [0.29, 0.717) is 11.3 Å². The van der Waals surface area contributed by atoms with Crippen LogP contribution >= 0.6 is 0 Å². The van der Waals surface area contributed by atoms with Crippen molar-refractivity contribution in [2.45, 2.75) is 33.6 Å². The molecule has 0 amide bonds. The molecule has 0 saturated carbocycles. The third-order valence-electron chi connectivity index (χ3n) is 2.11. The molecule has 0 rings (SSSR count). The van der Waals surface area contributed by atoms with Crippen molar-refractivity contribution in [3.63, 3.8) is 0 Å². The monoisotopic (exact) mass is 197 g/mol. The molecule has 0 saturated heterocycles. The largest absolute Gasteiger partial charge is 0.371 e. The number of likely N-dealkylation sites (N-methyl/N-ethyl adjacent to an activating group) is 1. The fourth-order valence-corrected chi connectivity index (χ4v) is 1.41. The van der Waals surface area contributed by atoms with Crippen LogP contribution in [0.5, 0.6) is 0 Å². The first kappa shape index (κ1) is 12.9. The fraction of sp³-hybridized carbons (Fsp3) is 0.636. The zero-order chi connectivity index (χ0) is 11.1. The quantitative estimate of drug-likeness (QED) is 0.481. The van der Waals surface area contributed by atoms with Crippen LogP contribution in [0.3, 0.4) is 0 Å². The van der Waals surface area contributed by atoms with E-state index in [1.54, 1.807) is 6.92 Å². The van der Waals surface area contributed by atoms with E-state index in [-0.39, 0.29) is 5.78 Å². The number of allylic oxidation sites excluding steroid dienone is 2. The SMILES string of the molecule is CCCCN(C)/C(C(C)=O)=C(/C)C=O. The molecule has 0 aromatic heterocycles. The van der Waals surface area contributed by atoms with Gasteiger partial charge < -0.3 is 4.90 Å². The predicted molar refractivity (Wildman–Crippen MR) is 57.0 cm³/mol.